The van der Waals surface area contributed by atoms with Crippen molar-refractivity contribution in [3.8, 4) is 0 Å². The summed E-state index contributed by atoms with van der Waals surface area (Å²) in [5.74, 6) is 0. The molecule has 0 aliphatic rings. The molecular formula is C18H19ClN4O. The third kappa shape index (κ3) is 3.82. The Balaban J connectivity index is 1.79. The van der Waals surface area contributed by atoms with Crippen molar-refractivity contribution >= 4 is 33.9 Å². The maximum absolute atomic E-state index is 8.88. The van der Waals surface area contributed by atoms with Crippen LogP contribution in [-0.2, 0) is 0 Å². The first-order valence-corrected chi connectivity index (χ1v) is 8.17. The number of nitrogens with zero attached hydrogens (tertiary/aromatic N) is 2. The highest BCUT2D eigenvalue weighted by atomic mass is 35.5. The van der Waals surface area contributed by atoms with E-state index in [-0.39, 0.29) is 12.6 Å². The summed E-state index contributed by atoms with van der Waals surface area (Å²) in [5, 5.41) is 25.2. The number of rotatable bonds is 6. The van der Waals surface area contributed by atoms with Crippen molar-refractivity contribution in [1.82, 2.24) is 15.5 Å². The molecule has 124 valence electrons. The van der Waals surface area contributed by atoms with Gasteiger partial charge in [0.25, 0.3) is 0 Å². The molecule has 0 aliphatic carbocycles. The lowest BCUT2D eigenvalue weighted by Crippen LogP contribution is -2.21. The highest BCUT2D eigenvalue weighted by Gasteiger charge is 2.06. The molecule has 1 atom stereocenters. The van der Waals surface area contributed by atoms with Gasteiger partial charge in [-0.2, -0.15) is 10.2 Å². The SMILES string of the molecule is CC(NCCO)c1ccc(Nc2cnnc3cc(Cl)ccc23)cc1. The molecule has 1 heterocycles. The van der Waals surface area contributed by atoms with Gasteiger partial charge in [0.2, 0.25) is 0 Å². The van der Waals surface area contributed by atoms with Gasteiger partial charge in [0, 0.05) is 28.7 Å². The fourth-order valence-corrected chi connectivity index (χ4v) is 2.71. The first-order chi connectivity index (χ1) is 11.7. The van der Waals surface area contributed by atoms with Crippen LogP contribution >= 0.6 is 11.6 Å². The Bertz CT molecular complexity index is 823. The van der Waals surface area contributed by atoms with E-state index >= 15 is 0 Å². The van der Waals surface area contributed by atoms with Gasteiger partial charge in [-0.1, -0.05) is 23.7 Å². The normalized spacial score (nSPS) is 12.3. The van der Waals surface area contributed by atoms with Crippen molar-refractivity contribution in [3.63, 3.8) is 0 Å². The molecule has 3 rings (SSSR count). The molecule has 0 fully saturated rings. The Morgan fingerprint density at radius 2 is 1.96 bits per heavy atom. The predicted octanol–water partition coefficient (Wildman–Crippen LogP) is 3.67. The monoisotopic (exact) mass is 342 g/mol. The molecule has 3 N–H and O–H groups in total. The Morgan fingerprint density at radius 1 is 1.17 bits per heavy atom. The van der Waals surface area contributed by atoms with Crippen LogP contribution in [-0.4, -0.2) is 28.5 Å². The van der Waals surface area contributed by atoms with Crippen LogP contribution in [0.2, 0.25) is 5.02 Å². The minimum atomic E-state index is 0.135. The van der Waals surface area contributed by atoms with Crippen molar-refractivity contribution in [2.45, 2.75) is 13.0 Å². The number of benzene rings is 2. The fraction of sp³-hybridized carbons (Fsp3) is 0.222. The molecule has 24 heavy (non-hydrogen) atoms. The first kappa shape index (κ1) is 16.6. The van der Waals surface area contributed by atoms with Gasteiger partial charge in [0.05, 0.1) is 24.0 Å². The highest BCUT2D eigenvalue weighted by Crippen LogP contribution is 2.26. The number of fused-ring (bicyclic) bond motifs is 1. The van der Waals surface area contributed by atoms with Crippen molar-refractivity contribution in [3.05, 3.63) is 59.2 Å². The zero-order valence-electron chi connectivity index (χ0n) is 13.3. The van der Waals surface area contributed by atoms with Crippen molar-refractivity contribution in [2.24, 2.45) is 0 Å². The molecule has 1 unspecified atom stereocenters. The molecule has 5 nitrogen and oxygen atoms in total. The van der Waals surface area contributed by atoms with Gasteiger partial charge in [-0.15, -0.1) is 0 Å². The lowest BCUT2D eigenvalue weighted by Gasteiger charge is -2.14. The summed E-state index contributed by atoms with van der Waals surface area (Å²) in [6, 6.07) is 13.9. The van der Waals surface area contributed by atoms with Crippen LogP contribution in [0.4, 0.5) is 11.4 Å². The van der Waals surface area contributed by atoms with E-state index in [9.17, 15) is 0 Å². The van der Waals surface area contributed by atoms with Gasteiger partial charge in [0.1, 0.15) is 0 Å². The summed E-state index contributed by atoms with van der Waals surface area (Å²) >= 11 is 6.00. The second-order valence-electron chi connectivity index (χ2n) is 5.57. The number of aliphatic hydroxyl groups is 1. The molecule has 0 amide bonds. The van der Waals surface area contributed by atoms with E-state index in [1.165, 1.54) is 5.56 Å². The van der Waals surface area contributed by atoms with E-state index in [4.69, 9.17) is 16.7 Å². The smallest absolute Gasteiger partial charge is 0.0965 e. The van der Waals surface area contributed by atoms with Gasteiger partial charge in [-0.3, -0.25) is 0 Å². The van der Waals surface area contributed by atoms with Crippen LogP contribution in [0.25, 0.3) is 10.9 Å². The summed E-state index contributed by atoms with van der Waals surface area (Å²) < 4.78 is 0. The van der Waals surface area contributed by atoms with Gasteiger partial charge < -0.3 is 15.7 Å². The van der Waals surface area contributed by atoms with Crippen LogP contribution in [0.15, 0.2) is 48.7 Å². The lowest BCUT2D eigenvalue weighted by atomic mass is 10.1. The second kappa shape index (κ2) is 7.57. The van der Waals surface area contributed by atoms with E-state index in [0.29, 0.717) is 11.6 Å². The Morgan fingerprint density at radius 3 is 2.71 bits per heavy atom. The molecule has 6 heteroatoms. The largest absolute Gasteiger partial charge is 0.395 e. The number of hydrogen-bond acceptors (Lipinski definition) is 5. The van der Waals surface area contributed by atoms with E-state index in [2.05, 4.69) is 39.9 Å². The quantitative estimate of drug-likeness (QED) is 0.637. The third-order valence-corrected chi connectivity index (χ3v) is 4.09. The van der Waals surface area contributed by atoms with E-state index in [1.807, 2.05) is 24.3 Å². The standard InChI is InChI=1S/C18H19ClN4O/c1-12(20-8-9-24)13-2-5-15(6-3-13)22-18-11-21-23-17-10-14(19)4-7-16(17)18/h2-7,10-12,20,24H,8-9H2,1H3,(H,22,23). The van der Waals surface area contributed by atoms with E-state index < -0.39 is 0 Å². The zero-order valence-corrected chi connectivity index (χ0v) is 14.1. The van der Waals surface area contributed by atoms with Crippen molar-refractivity contribution < 1.29 is 5.11 Å². The van der Waals surface area contributed by atoms with E-state index in [0.717, 1.165) is 22.3 Å². The maximum atomic E-state index is 8.88. The predicted molar refractivity (Wildman–Crippen MR) is 97.8 cm³/mol. The second-order valence-corrected chi connectivity index (χ2v) is 6.00. The summed E-state index contributed by atoms with van der Waals surface area (Å²) in [7, 11) is 0. The van der Waals surface area contributed by atoms with Crippen LogP contribution in [0.3, 0.4) is 0 Å². The van der Waals surface area contributed by atoms with Gasteiger partial charge in [-0.25, -0.2) is 0 Å². The number of anilines is 2. The minimum Gasteiger partial charge on any atom is -0.395 e. The van der Waals surface area contributed by atoms with Gasteiger partial charge in [-0.05, 0) is 42.8 Å². The molecule has 1 aromatic heterocycles. The molecule has 3 aromatic rings. The average Bonchev–Trinajstić information content (AvgIpc) is 2.60. The molecular weight excluding hydrogens is 324 g/mol. The lowest BCUT2D eigenvalue weighted by molar-refractivity contribution is 0.286. The number of aromatic nitrogens is 2. The Labute approximate surface area is 145 Å². The van der Waals surface area contributed by atoms with Crippen LogP contribution in [0.1, 0.15) is 18.5 Å². The molecule has 2 aromatic carbocycles. The molecule has 0 saturated carbocycles. The third-order valence-electron chi connectivity index (χ3n) is 3.85. The fourth-order valence-electron chi connectivity index (χ4n) is 2.54. The molecule has 0 aliphatic heterocycles. The van der Waals surface area contributed by atoms with Crippen molar-refractivity contribution in [1.29, 1.82) is 0 Å². The van der Waals surface area contributed by atoms with Crippen molar-refractivity contribution in [2.75, 3.05) is 18.5 Å². The Hall–Kier alpha value is -2.21. The zero-order chi connectivity index (χ0) is 16.9. The highest BCUT2D eigenvalue weighted by molar-refractivity contribution is 6.31. The first-order valence-electron chi connectivity index (χ1n) is 7.79. The van der Waals surface area contributed by atoms with Crippen LogP contribution < -0.4 is 10.6 Å². The summed E-state index contributed by atoms with van der Waals surface area (Å²) in [4.78, 5) is 0. The number of aliphatic hydroxyl groups excluding tert-OH is 1. The minimum absolute atomic E-state index is 0.135. The van der Waals surface area contributed by atoms with Gasteiger partial charge >= 0.3 is 0 Å². The topological polar surface area (TPSA) is 70.1 Å². The molecule has 0 saturated heterocycles. The van der Waals surface area contributed by atoms with E-state index in [1.54, 1.807) is 12.3 Å². The maximum Gasteiger partial charge on any atom is 0.0965 e. The molecule has 0 spiro atoms. The van der Waals surface area contributed by atoms with Gasteiger partial charge in [0.15, 0.2) is 0 Å². The summed E-state index contributed by atoms with van der Waals surface area (Å²) in [5.41, 5.74) is 3.78. The number of halogens is 1. The Kier molecular flexibility index (Phi) is 5.25. The number of nitrogens with one attached hydrogen (secondary N) is 2. The summed E-state index contributed by atoms with van der Waals surface area (Å²) in [6.07, 6.45) is 1.70. The molecule has 0 radical (unpaired) electrons. The summed E-state index contributed by atoms with van der Waals surface area (Å²) in [6.45, 7) is 2.79. The van der Waals surface area contributed by atoms with Crippen LogP contribution in [0, 0.1) is 0 Å². The molecule has 0 bridgehead atoms. The number of hydrogen-bond donors (Lipinski definition) is 3. The van der Waals surface area contributed by atoms with Crippen LogP contribution in [0.5, 0.6) is 0 Å². The average molecular weight is 343 g/mol.